The van der Waals surface area contributed by atoms with Crippen LogP contribution in [0.4, 0.5) is 4.79 Å². The molecule has 2 fully saturated rings. The van der Waals surface area contributed by atoms with E-state index in [-0.39, 0.29) is 17.5 Å². The van der Waals surface area contributed by atoms with Crippen molar-refractivity contribution in [2.45, 2.75) is 70.7 Å². The molecule has 0 aliphatic carbocycles. The standard InChI is InChI=1S/C35H46N4O3S/c1-25-22-30(43-31(25)32(40)39-19-16-29(24-39)36-33(41)42-34(2,3)4)27-12-14-28(15-13-27)35(37(5)6)17-20-38(21-18-35)23-26-10-8-7-9-11-26/h7-15,22,29H,16-21,23-24H2,1-6H3,(H,36,41)/t29-/m0/s1. The van der Waals surface area contributed by atoms with Gasteiger partial charge in [0.05, 0.1) is 10.9 Å². The molecule has 8 heteroatoms. The van der Waals surface area contributed by atoms with E-state index in [1.54, 1.807) is 11.3 Å². The summed E-state index contributed by atoms with van der Waals surface area (Å²) in [6.07, 6.45) is 2.46. The third kappa shape index (κ3) is 7.31. The molecule has 3 aromatic rings. The number of likely N-dealkylation sites (tertiary alicyclic amines) is 2. The summed E-state index contributed by atoms with van der Waals surface area (Å²) in [4.78, 5) is 34.4. The molecule has 230 valence electrons. The molecular weight excluding hydrogens is 556 g/mol. The normalized spacial score (nSPS) is 19.0. The number of piperidine rings is 1. The summed E-state index contributed by atoms with van der Waals surface area (Å²) < 4.78 is 5.39. The monoisotopic (exact) mass is 602 g/mol. The zero-order chi connectivity index (χ0) is 30.8. The second-order valence-corrected chi connectivity index (χ2v) is 14.3. The molecule has 2 saturated heterocycles. The van der Waals surface area contributed by atoms with Crippen molar-refractivity contribution in [2.24, 2.45) is 0 Å². The van der Waals surface area contributed by atoms with Gasteiger partial charge in [-0.3, -0.25) is 14.6 Å². The average Bonchev–Trinajstić information content (AvgIpc) is 3.59. The fourth-order valence-electron chi connectivity index (χ4n) is 6.38. The Morgan fingerprint density at radius 2 is 1.70 bits per heavy atom. The van der Waals surface area contributed by atoms with Crippen LogP contribution in [0.5, 0.6) is 0 Å². The molecule has 0 unspecified atom stereocenters. The maximum atomic E-state index is 13.5. The van der Waals surface area contributed by atoms with Crippen LogP contribution >= 0.6 is 11.3 Å². The quantitative estimate of drug-likeness (QED) is 0.334. The van der Waals surface area contributed by atoms with Gasteiger partial charge in [-0.2, -0.15) is 0 Å². The van der Waals surface area contributed by atoms with Crippen molar-refractivity contribution >= 4 is 23.3 Å². The number of benzene rings is 2. The molecule has 7 nitrogen and oxygen atoms in total. The molecule has 0 saturated carbocycles. The largest absolute Gasteiger partial charge is 0.444 e. The van der Waals surface area contributed by atoms with Gasteiger partial charge in [-0.25, -0.2) is 4.79 Å². The van der Waals surface area contributed by atoms with Crippen LogP contribution in [0.15, 0.2) is 60.7 Å². The second kappa shape index (κ2) is 12.8. The van der Waals surface area contributed by atoms with Crippen molar-refractivity contribution in [1.29, 1.82) is 0 Å². The molecule has 0 radical (unpaired) electrons. The zero-order valence-corrected chi connectivity index (χ0v) is 27.3. The van der Waals surface area contributed by atoms with Gasteiger partial charge in [0, 0.05) is 43.1 Å². The highest BCUT2D eigenvalue weighted by Crippen LogP contribution is 2.40. The average molecular weight is 603 g/mol. The number of nitrogens with one attached hydrogen (secondary N) is 1. The Hall–Kier alpha value is -3.20. The van der Waals surface area contributed by atoms with E-state index < -0.39 is 11.7 Å². The molecular formula is C35H46N4O3S. The lowest BCUT2D eigenvalue weighted by molar-refractivity contribution is 0.0502. The highest BCUT2D eigenvalue weighted by molar-refractivity contribution is 7.17. The van der Waals surface area contributed by atoms with Crippen molar-refractivity contribution in [3.8, 4) is 10.4 Å². The first-order valence-corrected chi connectivity index (χ1v) is 16.2. The fraction of sp³-hybridized carbons (Fsp3) is 0.486. The lowest BCUT2D eigenvalue weighted by Gasteiger charge is -2.46. The first kappa shape index (κ1) is 31.2. The van der Waals surface area contributed by atoms with Gasteiger partial charge >= 0.3 is 6.09 Å². The van der Waals surface area contributed by atoms with Gasteiger partial charge in [0.1, 0.15) is 5.60 Å². The topological polar surface area (TPSA) is 65.1 Å². The third-order valence-corrected chi connectivity index (χ3v) is 10.1. The number of carbonyl (C=O) groups excluding carboxylic acids is 2. The number of rotatable bonds is 7. The Morgan fingerprint density at radius 3 is 2.33 bits per heavy atom. The summed E-state index contributed by atoms with van der Waals surface area (Å²) in [7, 11) is 4.40. The highest BCUT2D eigenvalue weighted by atomic mass is 32.1. The molecule has 43 heavy (non-hydrogen) atoms. The molecule has 1 N–H and O–H groups in total. The van der Waals surface area contributed by atoms with E-state index in [0.717, 1.165) is 59.8 Å². The first-order chi connectivity index (χ1) is 20.4. The minimum Gasteiger partial charge on any atom is -0.444 e. The molecule has 0 spiro atoms. The number of ether oxygens (including phenoxy) is 1. The predicted molar refractivity (Wildman–Crippen MR) is 174 cm³/mol. The van der Waals surface area contributed by atoms with E-state index >= 15 is 0 Å². The summed E-state index contributed by atoms with van der Waals surface area (Å²) >= 11 is 1.56. The number of carbonyl (C=O) groups is 2. The fourth-order valence-corrected chi connectivity index (χ4v) is 7.52. The number of hydrogen-bond donors (Lipinski definition) is 1. The van der Waals surface area contributed by atoms with Crippen molar-refractivity contribution < 1.29 is 14.3 Å². The highest BCUT2D eigenvalue weighted by Gasteiger charge is 2.38. The van der Waals surface area contributed by atoms with Crippen LogP contribution in [0, 0.1) is 6.92 Å². The molecule has 5 rings (SSSR count). The Balaban J connectivity index is 1.23. The lowest BCUT2D eigenvalue weighted by atomic mass is 9.79. The maximum Gasteiger partial charge on any atom is 0.407 e. The summed E-state index contributed by atoms with van der Waals surface area (Å²) in [5.41, 5.74) is 4.32. The Bertz CT molecular complexity index is 1400. The van der Waals surface area contributed by atoms with Gasteiger partial charge in [0.15, 0.2) is 0 Å². The van der Waals surface area contributed by atoms with Gasteiger partial charge in [-0.15, -0.1) is 11.3 Å². The Kier molecular flexibility index (Phi) is 9.30. The van der Waals surface area contributed by atoms with Crippen LogP contribution in [-0.2, 0) is 16.8 Å². The zero-order valence-electron chi connectivity index (χ0n) is 26.5. The second-order valence-electron chi connectivity index (χ2n) is 13.3. The number of hydrogen-bond acceptors (Lipinski definition) is 6. The predicted octanol–water partition coefficient (Wildman–Crippen LogP) is 6.52. The number of nitrogens with zero attached hydrogens (tertiary/aromatic N) is 3. The van der Waals surface area contributed by atoms with E-state index in [1.165, 1.54) is 11.1 Å². The van der Waals surface area contributed by atoms with Crippen LogP contribution in [0.1, 0.15) is 66.4 Å². The Morgan fingerprint density at radius 1 is 1.02 bits per heavy atom. The molecule has 2 aliphatic rings. The number of aryl methyl sites for hydroxylation is 1. The van der Waals surface area contributed by atoms with Gasteiger partial charge in [-0.05, 0) is 89.4 Å². The van der Waals surface area contributed by atoms with Crippen LogP contribution in [0.25, 0.3) is 10.4 Å². The molecule has 1 atom stereocenters. The smallest absolute Gasteiger partial charge is 0.407 e. The minimum absolute atomic E-state index is 0.0118. The van der Waals surface area contributed by atoms with Crippen molar-refractivity contribution in [2.75, 3.05) is 40.3 Å². The molecule has 2 aliphatic heterocycles. The van der Waals surface area contributed by atoms with E-state index in [2.05, 4.69) is 89.9 Å². The van der Waals surface area contributed by atoms with E-state index in [0.29, 0.717) is 13.1 Å². The molecule has 1 aromatic heterocycles. The molecule has 0 bridgehead atoms. The van der Waals surface area contributed by atoms with Crippen LogP contribution < -0.4 is 5.32 Å². The molecule has 3 heterocycles. The van der Waals surface area contributed by atoms with Crippen molar-refractivity contribution in [1.82, 2.24) is 20.0 Å². The maximum absolute atomic E-state index is 13.5. The van der Waals surface area contributed by atoms with Crippen LogP contribution in [0.2, 0.25) is 0 Å². The SMILES string of the molecule is Cc1cc(-c2ccc(C3(N(C)C)CCN(Cc4ccccc4)CC3)cc2)sc1C(=O)N1CC[C@H](NC(=O)OC(C)(C)C)C1. The van der Waals surface area contributed by atoms with Crippen molar-refractivity contribution in [3.05, 3.63) is 82.2 Å². The van der Waals surface area contributed by atoms with Gasteiger partial charge in [-0.1, -0.05) is 54.6 Å². The van der Waals surface area contributed by atoms with E-state index in [1.807, 2.05) is 32.6 Å². The van der Waals surface area contributed by atoms with E-state index in [4.69, 9.17) is 4.74 Å². The number of alkyl carbamates (subject to hydrolysis) is 1. The summed E-state index contributed by atoms with van der Waals surface area (Å²) in [5.74, 6) is 0.0349. The number of amides is 2. The van der Waals surface area contributed by atoms with Crippen LogP contribution in [-0.4, -0.2) is 78.6 Å². The third-order valence-electron chi connectivity index (χ3n) is 8.80. The van der Waals surface area contributed by atoms with Crippen molar-refractivity contribution in [3.63, 3.8) is 0 Å². The molecule has 2 aromatic carbocycles. The summed E-state index contributed by atoms with van der Waals surface area (Å²) in [6.45, 7) is 11.8. The summed E-state index contributed by atoms with van der Waals surface area (Å²) in [6, 6.07) is 21.8. The van der Waals surface area contributed by atoms with Gasteiger partial charge in [0.2, 0.25) is 0 Å². The summed E-state index contributed by atoms with van der Waals surface area (Å²) in [5, 5.41) is 2.92. The first-order valence-electron chi connectivity index (χ1n) is 15.4. The van der Waals surface area contributed by atoms with E-state index in [9.17, 15) is 9.59 Å². The van der Waals surface area contributed by atoms with Gasteiger partial charge < -0.3 is 15.0 Å². The number of thiophene rings is 1. The Labute approximate surface area is 260 Å². The lowest BCUT2D eigenvalue weighted by Crippen LogP contribution is -2.50. The minimum atomic E-state index is -0.548. The van der Waals surface area contributed by atoms with Crippen LogP contribution in [0.3, 0.4) is 0 Å². The molecule has 2 amide bonds. The van der Waals surface area contributed by atoms with Gasteiger partial charge in [0.25, 0.3) is 5.91 Å².